The fourth-order valence-corrected chi connectivity index (χ4v) is 2.39. The lowest BCUT2D eigenvalue weighted by Crippen LogP contribution is -2.29. The summed E-state index contributed by atoms with van der Waals surface area (Å²) in [4.78, 5) is 26.3. The second-order valence-corrected chi connectivity index (χ2v) is 4.71. The number of carboxylic acids is 1. The number of fused-ring (bicyclic) bond motifs is 1. The van der Waals surface area contributed by atoms with Crippen molar-refractivity contribution in [2.45, 2.75) is 25.4 Å². The van der Waals surface area contributed by atoms with Crippen LogP contribution in [0.2, 0.25) is 0 Å². The molecule has 6 nitrogen and oxygen atoms in total. The van der Waals surface area contributed by atoms with Crippen LogP contribution < -0.4 is 5.32 Å². The molecule has 6 heteroatoms. The Balaban J connectivity index is 1.88. The molecule has 0 saturated carbocycles. The number of aromatic nitrogens is 2. The van der Waals surface area contributed by atoms with Crippen LogP contribution in [0.15, 0.2) is 24.5 Å². The van der Waals surface area contributed by atoms with Crippen molar-refractivity contribution >= 4 is 22.9 Å². The van der Waals surface area contributed by atoms with Gasteiger partial charge in [0.05, 0.1) is 22.9 Å². The average Bonchev–Trinajstić information content (AvgIpc) is 2.96. The van der Waals surface area contributed by atoms with E-state index in [9.17, 15) is 9.59 Å². The standard InChI is InChI=1S/C13H13N3O3/c17-12-4-2-9(15-12)6-16-7-14-10-5-8(13(18)19)1-3-11(10)16/h1,3,5,7,9H,2,4,6H2,(H,15,17)(H,18,19). The van der Waals surface area contributed by atoms with Crippen molar-refractivity contribution in [1.82, 2.24) is 14.9 Å². The summed E-state index contributed by atoms with van der Waals surface area (Å²) >= 11 is 0. The van der Waals surface area contributed by atoms with Gasteiger partial charge in [0.1, 0.15) is 0 Å². The number of nitrogens with one attached hydrogen (secondary N) is 1. The van der Waals surface area contributed by atoms with Gasteiger partial charge in [-0.05, 0) is 24.6 Å². The number of carbonyl (C=O) groups is 2. The van der Waals surface area contributed by atoms with Crippen LogP contribution in [0.1, 0.15) is 23.2 Å². The summed E-state index contributed by atoms with van der Waals surface area (Å²) in [6.07, 6.45) is 3.08. The Morgan fingerprint density at radius 1 is 1.53 bits per heavy atom. The Hall–Kier alpha value is -2.37. The maximum Gasteiger partial charge on any atom is 0.335 e. The van der Waals surface area contributed by atoms with E-state index in [0.29, 0.717) is 18.5 Å². The number of nitrogens with zero attached hydrogens (tertiary/aromatic N) is 2. The SMILES string of the molecule is O=C1CCC(Cn2cnc3cc(C(=O)O)ccc32)N1. The number of benzene rings is 1. The van der Waals surface area contributed by atoms with Gasteiger partial charge in [0.2, 0.25) is 5.91 Å². The van der Waals surface area contributed by atoms with Gasteiger partial charge in [-0.1, -0.05) is 0 Å². The van der Waals surface area contributed by atoms with Gasteiger partial charge in [0.15, 0.2) is 0 Å². The number of carboxylic acid groups (broad SMARTS) is 1. The van der Waals surface area contributed by atoms with E-state index < -0.39 is 5.97 Å². The van der Waals surface area contributed by atoms with Crippen LogP contribution >= 0.6 is 0 Å². The Kier molecular flexibility index (Phi) is 2.70. The largest absolute Gasteiger partial charge is 0.478 e. The van der Waals surface area contributed by atoms with Crippen LogP contribution in [0, 0.1) is 0 Å². The van der Waals surface area contributed by atoms with Crippen LogP contribution in [0.25, 0.3) is 11.0 Å². The molecule has 1 saturated heterocycles. The molecule has 19 heavy (non-hydrogen) atoms. The highest BCUT2D eigenvalue weighted by molar-refractivity contribution is 5.92. The van der Waals surface area contributed by atoms with E-state index >= 15 is 0 Å². The minimum absolute atomic E-state index is 0.0857. The summed E-state index contributed by atoms with van der Waals surface area (Å²) in [7, 11) is 0. The van der Waals surface area contributed by atoms with Gasteiger partial charge >= 0.3 is 5.97 Å². The molecule has 1 aromatic heterocycles. The van der Waals surface area contributed by atoms with Crippen molar-refractivity contribution < 1.29 is 14.7 Å². The second kappa shape index (κ2) is 4.38. The van der Waals surface area contributed by atoms with Gasteiger partial charge in [-0.3, -0.25) is 4.79 Å². The molecular weight excluding hydrogens is 246 g/mol. The number of aromatic carboxylic acids is 1. The molecule has 0 radical (unpaired) electrons. The van der Waals surface area contributed by atoms with Gasteiger partial charge in [-0.2, -0.15) is 0 Å². The molecule has 1 atom stereocenters. The molecule has 2 aromatic rings. The average molecular weight is 259 g/mol. The Morgan fingerprint density at radius 2 is 2.37 bits per heavy atom. The van der Waals surface area contributed by atoms with Gasteiger partial charge in [0, 0.05) is 19.0 Å². The molecule has 1 aromatic carbocycles. The van der Waals surface area contributed by atoms with Crippen molar-refractivity contribution in [3.63, 3.8) is 0 Å². The Morgan fingerprint density at radius 3 is 3.05 bits per heavy atom. The quantitative estimate of drug-likeness (QED) is 0.861. The zero-order chi connectivity index (χ0) is 13.4. The van der Waals surface area contributed by atoms with Crippen molar-refractivity contribution in [3.05, 3.63) is 30.1 Å². The molecule has 0 spiro atoms. The summed E-state index contributed by atoms with van der Waals surface area (Å²) in [5.74, 6) is -0.873. The smallest absolute Gasteiger partial charge is 0.335 e. The summed E-state index contributed by atoms with van der Waals surface area (Å²) in [6.45, 7) is 0.661. The molecule has 2 heterocycles. The van der Waals surface area contributed by atoms with Crippen molar-refractivity contribution in [2.24, 2.45) is 0 Å². The Bertz CT molecular complexity index is 662. The van der Waals surface area contributed by atoms with Crippen molar-refractivity contribution in [2.75, 3.05) is 0 Å². The molecule has 0 aliphatic carbocycles. The third-order valence-electron chi connectivity index (χ3n) is 3.37. The van der Waals surface area contributed by atoms with Gasteiger partial charge in [-0.15, -0.1) is 0 Å². The van der Waals surface area contributed by atoms with Crippen LogP contribution in [0.3, 0.4) is 0 Å². The first kappa shape index (κ1) is 11.7. The van der Waals surface area contributed by atoms with Crippen LogP contribution in [-0.2, 0) is 11.3 Å². The predicted octanol–water partition coefficient (Wildman–Crippen LogP) is 1.01. The van der Waals surface area contributed by atoms with E-state index in [-0.39, 0.29) is 17.5 Å². The molecule has 1 aliphatic heterocycles. The van der Waals surface area contributed by atoms with E-state index in [2.05, 4.69) is 10.3 Å². The van der Waals surface area contributed by atoms with Gasteiger partial charge in [-0.25, -0.2) is 9.78 Å². The molecule has 3 rings (SSSR count). The fraction of sp³-hybridized carbons (Fsp3) is 0.308. The second-order valence-electron chi connectivity index (χ2n) is 4.71. The topological polar surface area (TPSA) is 84.2 Å². The third-order valence-corrected chi connectivity index (χ3v) is 3.37. The van der Waals surface area contributed by atoms with Gasteiger partial charge < -0.3 is 15.0 Å². The lowest BCUT2D eigenvalue weighted by molar-refractivity contribution is -0.119. The fourth-order valence-electron chi connectivity index (χ4n) is 2.39. The summed E-state index contributed by atoms with van der Waals surface area (Å²) < 4.78 is 1.94. The first-order valence-electron chi connectivity index (χ1n) is 6.11. The van der Waals surface area contributed by atoms with Crippen molar-refractivity contribution in [3.8, 4) is 0 Å². The number of imidazole rings is 1. The molecule has 98 valence electrons. The van der Waals surface area contributed by atoms with Crippen molar-refractivity contribution in [1.29, 1.82) is 0 Å². The van der Waals surface area contributed by atoms with Gasteiger partial charge in [0.25, 0.3) is 0 Å². The maximum atomic E-state index is 11.2. The minimum atomic E-state index is -0.959. The maximum absolute atomic E-state index is 11.2. The van der Waals surface area contributed by atoms with Crippen LogP contribution in [-0.4, -0.2) is 32.6 Å². The van der Waals surface area contributed by atoms with E-state index in [1.54, 1.807) is 24.5 Å². The monoisotopic (exact) mass is 259 g/mol. The minimum Gasteiger partial charge on any atom is -0.478 e. The van der Waals surface area contributed by atoms with E-state index in [4.69, 9.17) is 5.11 Å². The summed E-state index contributed by atoms with van der Waals surface area (Å²) in [5.41, 5.74) is 1.77. The van der Waals surface area contributed by atoms with E-state index in [1.165, 1.54) is 0 Å². The number of amides is 1. The molecule has 1 amide bonds. The third kappa shape index (κ3) is 2.16. The zero-order valence-electron chi connectivity index (χ0n) is 10.2. The number of hydrogen-bond donors (Lipinski definition) is 2. The lowest BCUT2D eigenvalue weighted by atomic mass is 10.2. The molecular formula is C13H13N3O3. The highest BCUT2D eigenvalue weighted by Crippen LogP contribution is 2.17. The van der Waals surface area contributed by atoms with E-state index in [1.807, 2.05) is 4.57 Å². The first-order chi connectivity index (χ1) is 9.13. The summed E-state index contributed by atoms with van der Waals surface area (Å²) in [6, 6.07) is 5.00. The predicted molar refractivity (Wildman–Crippen MR) is 67.9 cm³/mol. The first-order valence-corrected chi connectivity index (χ1v) is 6.11. The molecule has 1 fully saturated rings. The number of hydrogen-bond acceptors (Lipinski definition) is 3. The molecule has 1 aliphatic rings. The zero-order valence-corrected chi connectivity index (χ0v) is 10.2. The molecule has 1 unspecified atom stereocenters. The lowest BCUT2D eigenvalue weighted by Gasteiger charge is -2.11. The normalized spacial score (nSPS) is 18.7. The highest BCUT2D eigenvalue weighted by Gasteiger charge is 2.21. The van der Waals surface area contributed by atoms with E-state index in [0.717, 1.165) is 11.9 Å². The Labute approximate surface area is 109 Å². The highest BCUT2D eigenvalue weighted by atomic mass is 16.4. The number of carbonyl (C=O) groups excluding carboxylic acids is 1. The molecule has 2 N–H and O–H groups in total. The number of rotatable bonds is 3. The van der Waals surface area contributed by atoms with Crippen LogP contribution in [0.5, 0.6) is 0 Å². The van der Waals surface area contributed by atoms with Crippen LogP contribution in [0.4, 0.5) is 0 Å². The summed E-state index contributed by atoms with van der Waals surface area (Å²) in [5, 5.41) is 11.8. The molecule has 0 bridgehead atoms.